The minimum absolute atomic E-state index is 0.224. The molecule has 3 aromatic rings. The van der Waals surface area contributed by atoms with Gasteiger partial charge in [-0.3, -0.25) is 4.79 Å². The van der Waals surface area contributed by atoms with Gasteiger partial charge in [0.2, 0.25) is 0 Å². The van der Waals surface area contributed by atoms with Crippen molar-refractivity contribution < 1.29 is 13.6 Å². The maximum atomic E-state index is 14.1. The molecule has 1 saturated carbocycles. The first-order chi connectivity index (χ1) is 14.5. The quantitative estimate of drug-likeness (QED) is 0.325. The van der Waals surface area contributed by atoms with E-state index in [0.29, 0.717) is 17.6 Å². The molecule has 1 aliphatic carbocycles. The van der Waals surface area contributed by atoms with E-state index in [9.17, 15) is 13.6 Å². The van der Waals surface area contributed by atoms with Crippen LogP contribution in [0.2, 0.25) is 0 Å². The molecule has 0 N–H and O–H groups in total. The number of carbonyl (C=O) groups excluding carboxylic acids is 1. The highest BCUT2D eigenvalue weighted by Gasteiger charge is 2.27. The van der Waals surface area contributed by atoms with Crippen LogP contribution >= 0.6 is 23.1 Å². The van der Waals surface area contributed by atoms with Gasteiger partial charge in [-0.25, -0.2) is 8.78 Å². The van der Waals surface area contributed by atoms with Gasteiger partial charge in [-0.05, 0) is 49.4 Å². The maximum Gasteiger partial charge on any atom is 0.192 e. The standard InChI is InChI=1S/C22H23F2N3OS2/c1-14(21(28)18-12-15(23)9-10-19(18)24)30-22-26-25-20(13-17-8-5-11-29-17)27(22)16-6-3-2-4-7-16/h5,8-12,14,16H,2-4,6-7,13H2,1H3. The number of thioether (sulfide) groups is 1. The molecule has 1 unspecified atom stereocenters. The van der Waals surface area contributed by atoms with Crippen LogP contribution < -0.4 is 0 Å². The van der Waals surface area contributed by atoms with Crippen molar-refractivity contribution in [2.24, 2.45) is 0 Å². The van der Waals surface area contributed by atoms with Gasteiger partial charge in [-0.15, -0.1) is 21.5 Å². The highest BCUT2D eigenvalue weighted by molar-refractivity contribution is 8.00. The van der Waals surface area contributed by atoms with E-state index in [1.165, 1.54) is 23.1 Å². The summed E-state index contributed by atoms with van der Waals surface area (Å²) in [4.78, 5) is 14.0. The molecular formula is C22H23F2N3OS2. The molecule has 0 radical (unpaired) electrons. The number of ketones is 1. The molecule has 2 heterocycles. The van der Waals surface area contributed by atoms with E-state index in [2.05, 4.69) is 20.8 Å². The van der Waals surface area contributed by atoms with Crippen LogP contribution in [0, 0.1) is 11.6 Å². The Hall–Kier alpha value is -2.06. The van der Waals surface area contributed by atoms with E-state index in [0.717, 1.165) is 49.7 Å². The number of hydrogen-bond acceptors (Lipinski definition) is 5. The van der Waals surface area contributed by atoms with Crippen molar-refractivity contribution >= 4 is 28.9 Å². The molecule has 0 bridgehead atoms. The van der Waals surface area contributed by atoms with Crippen molar-refractivity contribution in [3.8, 4) is 0 Å². The molecule has 1 aliphatic rings. The second-order valence-electron chi connectivity index (χ2n) is 7.57. The maximum absolute atomic E-state index is 14.1. The smallest absolute Gasteiger partial charge is 0.192 e. The van der Waals surface area contributed by atoms with Crippen LogP contribution in [-0.4, -0.2) is 25.8 Å². The third-order valence-corrected chi connectivity index (χ3v) is 7.37. The molecule has 2 aromatic heterocycles. The zero-order chi connectivity index (χ0) is 21.1. The fourth-order valence-corrected chi connectivity index (χ4v) is 5.61. The van der Waals surface area contributed by atoms with Crippen molar-refractivity contribution in [2.75, 3.05) is 0 Å². The first-order valence-electron chi connectivity index (χ1n) is 10.1. The predicted octanol–water partition coefficient (Wildman–Crippen LogP) is 6.08. The molecule has 0 aliphatic heterocycles. The van der Waals surface area contributed by atoms with Gasteiger partial charge < -0.3 is 4.57 Å². The predicted molar refractivity (Wildman–Crippen MR) is 115 cm³/mol. The van der Waals surface area contributed by atoms with Gasteiger partial charge in [-0.1, -0.05) is 37.1 Å². The molecule has 0 amide bonds. The Labute approximate surface area is 182 Å². The fourth-order valence-electron chi connectivity index (χ4n) is 3.90. The zero-order valence-electron chi connectivity index (χ0n) is 16.7. The van der Waals surface area contributed by atoms with E-state index in [1.807, 2.05) is 11.4 Å². The molecule has 0 spiro atoms. The molecule has 8 heteroatoms. The number of halogens is 2. The number of nitrogens with zero attached hydrogens (tertiary/aromatic N) is 3. The highest BCUT2D eigenvalue weighted by Crippen LogP contribution is 2.35. The minimum Gasteiger partial charge on any atom is -0.303 e. The molecular weight excluding hydrogens is 424 g/mol. The normalized spacial score (nSPS) is 16.0. The number of thiophene rings is 1. The Balaban J connectivity index is 1.60. The van der Waals surface area contributed by atoms with Gasteiger partial charge in [0.05, 0.1) is 10.8 Å². The first-order valence-corrected chi connectivity index (χ1v) is 11.9. The van der Waals surface area contributed by atoms with E-state index in [4.69, 9.17) is 0 Å². The Bertz CT molecular complexity index is 1010. The largest absolute Gasteiger partial charge is 0.303 e. The van der Waals surface area contributed by atoms with Crippen LogP contribution in [0.25, 0.3) is 0 Å². The van der Waals surface area contributed by atoms with E-state index < -0.39 is 22.7 Å². The monoisotopic (exact) mass is 447 g/mol. The molecule has 158 valence electrons. The second-order valence-corrected chi connectivity index (χ2v) is 9.91. The fraction of sp³-hybridized carbons (Fsp3) is 0.409. The van der Waals surface area contributed by atoms with Gasteiger partial charge in [0, 0.05) is 17.3 Å². The van der Waals surface area contributed by atoms with Crippen molar-refractivity contribution in [3.05, 3.63) is 63.6 Å². The lowest BCUT2D eigenvalue weighted by molar-refractivity contribution is 0.0989. The first kappa shape index (κ1) is 21.2. The summed E-state index contributed by atoms with van der Waals surface area (Å²) in [5.74, 6) is -0.889. The number of benzene rings is 1. The average molecular weight is 448 g/mol. The third kappa shape index (κ3) is 4.64. The summed E-state index contributed by atoms with van der Waals surface area (Å²) in [5.41, 5.74) is -0.224. The van der Waals surface area contributed by atoms with Gasteiger partial charge in [-0.2, -0.15) is 0 Å². The lowest BCUT2D eigenvalue weighted by atomic mass is 9.95. The van der Waals surface area contributed by atoms with Crippen LogP contribution in [0.5, 0.6) is 0 Å². The molecule has 0 saturated heterocycles. The van der Waals surface area contributed by atoms with Gasteiger partial charge in [0.15, 0.2) is 10.9 Å². The second kappa shape index (κ2) is 9.39. The molecule has 1 fully saturated rings. The van der Waals surface area contributed by atoms with Gasteiger partial charge in [0.1, 0.15) is 17.5 Å². The lowest BCUT2D eigenvalue weighted by Gasteiger charge is -2.26. The van der Waals surface area contributed by atoms with Crippen molar-refractivity contribution in [2.45, 2.75) is 61.9 Å². The summed E-state index contributed by atoms with van der Waals surface area (Å²) in [5, 5.41) is 10.9. The topological polar surface area (TPSA) is 47.8 Å². The van der Waals surface area contributed by atoms with E-state index in [1.54, 1.807) is 18.3 Å². The minimum atomic E-state index is -0.707. The summed E-state index contributed by atoms with van der Waals surface area (Å²) >= 11 is 2.95. The number of Topliss-reactive ketones (excluding diaryl/α,β-unsaturated/α-hetero) is 1. The van der Waals surface area contributed by atoms with Crippen LogP contribution in [0.1, 0.15) is 66.1 Å². The zero-order valence-corrected chi connectivity index (χ0v) is 18.3. The molecule has 4 nitrogen and oxygen atoms in total. The Morgan fingerprint density at radius 2 is 2.03 bits per heavy atom. The Morgan fingerprint density at radius 1 is 1.23 bits per heavy atom. The van der Waals surface area contributed by atoms with E-state index >= 15 is 0 Å². The Morgan fingerprint density at radius 3 is 2.77 bits per heavy atom. The number of rotatable bonds is 7. The van der Waals surface area contributed by atoms with Crippen molar-refractivity contribution in [1.82, 2.24) is 14.8 Å². The SMILES string of the molecule is CC(Sc1nnc(Cc2cccs2)n1C1CCCCC1)C(=O)c1cc(F)ccc1F. The van der Waals surface area contributed by atoms with Crippen molar-refractivity contribution in [3.63, 3.8) is 0 Å². The summed E-state index contributed by atoms with van der Waals surface area (Å²) < 4.78 is 29.8. The van der Waals surface area contributed by atoms with Crippen LogP contribution in [0.4, 0.5) is 8.78 Å². The summed E-state index contributed by atoms with van der Waals surface area (Å²) in [6.07, 6.45) is 6.37. The molecule has 30 heavy (non-hydrogen) atoms. The highest BCUT2D eigenvalue weighted by atomic mass is 32.2. The van der Waals surface area contributed by atoms with Crippen LogP contribution in [0.3, 0.4) is 0 Å². The van der Waals surface area contributed by atoms with Gasteiger partial charge >= 0.3 is 0 Å². The molecule has 1 aromatic carbocycles. The lowest BCUT2D eigenvalue weighted by Crippen LogP contribution is -2.20. The summed E-state index contributed by atoms with van der Waals surface area (Å²) in [6, 6.07) is 7.37. The van der Waals surface area contributed by atoms with Gasteiger partial charge in [0.25, 0.3) is 0 Å². The van der Waals surface area contributed by atoms with E-state index in [-0.39, 0.29) is 5.56 Å². The van der Waals surface area contributed by atoms with Crippen LogP contribution in [0.15, 0.2) is 40.9 Å². The summed E-state index contributed by atoms with van der Waals surface area (Å²) in [7, 11) is 0. The number of hydrogen-bond donors (Lipinski definition) is 0. The third-order valence-electron chi connectivity index (χ3n) is 5.43. The molecule has 4 rings (SSSR count). The summed E-state index contributed by atoms with van der Waals surface area (Å²) in [6.45, 7) is 1.70. The number of aromatic nitrogens is 3. The molecule has 1 atom stereocenters. The van der Waals surface area contributed by atoms with Crippen molar-refractivity contribution in [1.29, 1.82) is 0 Å². The number of carbonyl (C=O) groups is 1. The average Bonchev–Trinajstić information content (AvgIpc) is 3.40. The van der Waals surface area contributed by atoms with Crippen LogP contribution in [-0.2, 0) is 6.42 Å². The Kier molecular flexibility index (Phi) is 6.63.